The van der Waals surface area contributed by atoms with Gasteiger partial charge in [0.2, 0.25) is 0 Å². The molecule has 2 heterocycles. The molecule has 0 bridgehead atoms. The number of imidazole rings is 1. The normalized spacial score (nSPS) is 12.1. The molecule has 0 fully saturated rings. The van der Waals surface area contributed by atoms with Gasteiger partial charge in [0.1, 0.15) is 5.69 Å². The summed E-state index contributed by atoms with van der Waals surface area (Å²) in [6.07, 6.45) is 4.56. The van der Waals surface area contributed by atoms with Crippen molar-refractivity contribution in [3.05, 3.63) is 47.8 Å². The molecule has 1 atom stereocenters. The second-order valence-corrected chi connectivity index (χ2v) is 4.23. The predicted molar refractivity (Wildman–Crippen MR) is 68.8 cm³/mol. The van der Waals surface area contributed by atoms with Gasteiger partial charge in [-0.15, -0.1) is 0 Å². The van der Waals surface area contributed by atoms with Gasteiger partial charge in [-0.25, -0.2) is 4.98 Å². The maximum absolute atomic E-state index is 12.3. The quantitative estimate of drug-likeness (QED) is 0.832. The van der Waals surface area contributed by atoms with E-state index < -0.39 is 11.9 Å². The molecule has 0 saturated carbocycles. The first kappa shape index (κ1) is 12.9. The van der Waals surface area contributed by atoms with Gasteiger partial charge in [0.05, 0.1) is 18.1 Å². The number of aromatic nitrogens is 3. The smallest absolute Gasteiger partial charge is 0.267 e. The van der Waals surface area contributed by atoms with E-state index in [0.29, 0.717) is 11.3 Å². The van der Waals surface area contributed by atoms with E-state index in [-0.39, 0.29) is 11.5 Å². The van der Waals surface area contributed by atoms with E-state index in [1.807, 2.05) is 0 Å². The van der Waals surface area contributed by atoms with Crippen LogP contribution in [0.5, 0.6) is 0 Å². The number of nitrogens with two attached hydrogens (primary N) is 1. The summed E-state index contributed by atoms with van der Waals surface area (Å²) < 4.78 is 1.50. The monoisotopic (exact) mass is 258 g/mol. The fourth-order valence-electron chi connectivity index (χ4n) is 1.94. The second kappa shape index (κ2) is 5.01. The number of pyridine rings is 1. The number of carbonyl (C=O) groups excluding carboxylic acids is 2. The van der Waals surface area contributed by atoms with Gasteiger partial charge < -0.3 is 10.3 Å². The molecule has 2 aromatic heterocycles. The van der Waals surface area contributed by atoms with Crippen LogP contribution in [0.25, 0.3) is 0 Å². The van der Waals surface area contributed by atoms with Crippen LogP contribution in [0.3, 0.4) is 0 Å². The van der Waals surface area contributed by atoms with Crippen molar-refractivity contribution in [2.45, 2.75) is 19.9 Å². The summed E-state index contributed by atoms with van der Waals surface area (Å²) in [5, 5.41) is 0. The average molecular weight is 258 g/mol. The minimum absolute atomic E-state index is 0.123. The number of nitrogens with zero attached hydrogens (tertiary/aromatic N) is 3. The summed E-state index contributed by atoms with van der Waals surface area (Å²) in [5.74, 6) is -0.716. The number of rotatable bonds is 4. The van der Waals surface area contributed by atoms with Crippen LogP contribution in [0.1, 0.15) is 39.5 Å². The van der Waals surface area contributed by atoms with Crippen LogP contribution in [0.4, 0.5) is 0 Å². The van der Waals surface area contributed by atoms with Gasteiger partial charge in [0.25, 0.3) is 5.91 Å². The Labute approximate surface area is 110 Å². The van der Waals surface area contributed by atoms with Crippen LogP contribution < -0.4 is 5.73 Å². The molecule has 1 unspecified atom stereocenters. The van der Waals surface area contributed by atoms with Crippen LogP contribution in [0.2, 0.25) is 0 Å². The molecule has 0 radical (unpaired) electrons. The summed E-state index contributed by atoms with van der Waals surface area (Å²) in [6, 6.07) is 2.71. The van der Waals surface area contributed by atoms with Gasteiger partial charge in [-0.1, -0.05) is 0 Å². The number of hydrogen-bond acceptors (Lipinski definition) is 4. The Kier molecular flexibility index (Phi) is 3.41. The molecule has 1 amide bonds. The molecule has 19 heavy (non-hydrogen) atoms. The van der Waals surface area contributed by atoms with E-state index in [0.717, 1.165) is 0 Å². The maximum atomic E-state index is 12.3. The second-order valence-electron chi connectivity index (χ2n) is 4.23. The molecule has 2 aromatic rings. The third kappa shape index (κ3) is 2.37. The highest BCUT2D eigenvalue weighted by molar-refractivity contribution is 6.00. The zero-order valence-corrected chi connectivity index (χ0v) is 10.7. The van der Waals surface area contributed by atoms with Gasteiger partial charge in [-0.3, -0.25) is 14.6 Å². The number of ketones is 1. The van der Waals surface area contributed by atoms with E-state index in [1.54, 1.807) is 38.4 Å². The van der Waals surface area contributed by atoms with Crippen LogP contribution in [0, 0.1) is 6.92 Å². The number of amides is 1. The molecule has 6 heteroatoms. The van der Waals surface area contributed by atoms with Crippen molar-refractivity contribution in [3.63, 3.8) is 0 Å². The molecule has 0 aliphatic carbocycles. The van der Waals surface area contributed by atoms with E-state index in [9.17, 15) is 9.59 Å². The van der Waals surface area contributed by atoms with Gasteiger partial charge >= 0.3 is 0 Å². The summed E-state index contributed by atoms with van der Waals surface area (Å²) >= 11 is 0. The Hall–Kier alpha value is -2.50. The first-order valence-corrected chi connectivity index (χ1v) is 5.80. The van der Waals surface area contributed by atoms with Crippen molar-refractivity contribution in [1.82, 2.24) is 14.5 Å². The molecule has 98 valence electrons. The van der Waals surface area contributed by atoms with Gasteiger partial charge in [0, 0.05) is 18.0 Å². The molecule has 0 spiro atoms. The van der Waals surface area contributed by atoms with Crippen molar-refractivity contribution in [3.8, 4) is 0 Å². The minimum atomic E-state index is -0.593. The van der Waals surface area contributed by atoms with Crippen molar-refractivity contribution in [1.29, 1.82) is 0 Å². The van der Waals surface area contributed by atoms with E-state index in [4.69, 9.17) is 5.73 Å². The molecule has 2 rings (SSSR count). The summed E-state index contributed by atoms with van der Waals surface area (Å²) in [5.41, 5.74) is 6.62. The number of aryl methyl sites for hydroxylation is 1. The highest BCUT2D eigenvalue weighted by Gasteiger charge is 2.22. The number of Topliss-reactive ketones (excluding diaryl/α,β-unsaturated/α-hetero) is 1. The molecule has 2 N–H and O–H groups in total. The summed E-state index contributed by atoms with van der Waals surface area (Å²) in [7, 11) is 0. The van der Waals surface area contributed by atoms with Crippen LogP contribution in [-0.4, -0.2) is 26.2 Å². The van der Waals surface area contributed by atoms with Crippen molar-refractivity contribution >= 4 is 11.7 Å². The number of hydrogen-bond donors (Lipinski definition) is 1. The molecule has 6 nitrogen and oxygen atoms in total. The van der Waals surface area contributed by atoms with Crippen molar-refractivity contribution < 1.29 is 9.59 Å². The highest BCUT2D eigenvalue weighted by atomic mass is 16.1. The van der Waals surface area contributed by atoms with Crippen LogP contribution in [-0.2, 0) is 0 Å². The van der Waals surface area contributed by atoms with Gasteiger partial charge in [-0.2, -0.15) is 0 Å². The van der Waals surface area contributed by atoms with Crippen molar-refractivity contribution in [2.24, 2.45) is 5.73 Å². The number of carbonyl (C=O) groups is 2. The SMILES string of the molecule is Cc1ncn(C(C)C(=O)c2ccncc2)c1C(N)=O. The minimum Gasteiger partial charge on any atom is -0.364 e. The van der Waals surface area contributed by atoms with Gasteiger partial charge in [-0.05, 0) is 26.0 Å². The lowest BCUT2D eigenvalue weighted by atomic mass is 10.1. The standard InChI is InChI=1S/C13H14N4O2/c1-8-11(13(14)19)17(7-16-8)9(2)12(18)10-3-5-15-6-4-10/h3-7,9H,1-2H3,(H2,14,19). The maximum Gasteiger partial charge on any atom is 0.267 e. The Morgan fingerprint density at radius 1 is 1.32 bits per heavy atom. The fourth-order valence-corrected chi connectivity index (χ4v) is 1.94. The first-order chi connectivity index (χ1) is 9.02. The lowest BCUT2D eigenvalue weighted by Crippen LogP contribution is -2.24. The Morgan fingerprint density at radius 3 is 2.53 bits per heavy atom. The third-order valence-electron chi connectivity index (χ3n) is 2.97. The Bertz CT molecular complexity index is 619. The summed E-state index contributed by atoms with van der Waals surface area (Å²) in [4.78, 5) is 31.6. The van der Waals surface area contributed by atoms with Crippen LogP contribution >= 0.6 is 0 Å². The molecule has 0 aromatic carbocycles. The molecule has 0 aliphatic rings. The van der Waals surface area contributed by atoms with Gasteiger partial charge in [0.15, 0.2) is 5.78 Å². The Morgan fingerprint density at radius 2 is 1.95 bits per heavy atom. The topological polar surface area (TPSA) is 90.9 Å². The lowest BCUT2D eigenvalue weighted by molar-refractivity contribution is 0.0927. The molecule has 0 saturated heterocycles. The van der Waals surface area contributed by atoms with E-state index in [2.05, 4.69) is 9.97 Å². The van der Waals surface area contributed by atoms with E-state index >= 15 is 0 Å². The first-order valence-electron chi connectivity index (χ1n) is 5.80. The predicted octanol–water partition coefficient (Wildman–Crippen LogP) is 1.13. The molecule has 0 aliphatic heterocycles. The van der Waals surface area contributed by atoms with E-state index in [1.165, 1.54) is 10.9 Å². The third-order valence-corrected chi connectivity index (χ3v) is 2.97. The Balaban J connectivity index is 2.38. The fraction of sp³-hybridized carbons (Fsp3) is 0.231. The van der Waals surface area contributed by atoms with Crippen LogP contribution in [0.15, 0.2) is 30.9 Å². The number of primary amides is 1. The summed E-state index contributed by atoms with van der Waals surface area (Å²) in [6.45, 7) is 3.39. The highest BCUT2D eigenvalue weighted by Crippen LogP contribution is 2.17. The largest absolute Gasteiger partial charge is 0.364 e. The zero-order valence-electron chi connectivity index (χ0n) is 10.7. The zero-order chi connectivity index (χ0) is 14.0. The van der Waals surface area contributed by atoms with Crippen molar-refractivity contribution in [2.75, 3.05) is 0 Å². The molecular formula is C13H14N4O2. The average Bonchev–Trinajstić information content (AvgIpc) is 2.80. The molecular weight excluding hydrogens is 244 g/mol. The lowest BCUT2D eigenvalue weighted by Gasteiger charge is -2.14.